The van der Waals surface area contributed by atoms with Crippen LogP contribution in [-0.4, -0.2) is 32.2 Å². The van der Waals surface area contributed by atoms with Crippen molar-refractivity contribution in [3.63, 3.8) is 0 Å². The van der Waals surface area contributed by atoms with E-state index in [4.69, 9.17) is 0 Å². The first-order valence-electron chi connectivity index (χ1n) is 9.63. The molecule has 5 heteroatoms. The Morgan fingerprint density at radius 3 is 2.21 bits per heavy atom. The van der Waals surface area contributed by atoms with Gasteiger partial charge in [-0.2, -0.15) is 5.10 Å². The Morgan fingerprint density at radius 1 is 0.897 bits per heavy atom. The minimum Gasteiger partial charge on any atom is -0.337 e. The molecule has 2 aromatic carbocycles. The molecule has 4 rings (SSSR count). The summed E-state index contributed by atoms with van der Waals surface area (Å²) in [5.74, 6) is -0.00930. The molecule has 0 aliphatic rings. The van der Waals surface area contributed by atoms with Crippen molar-refractivity contribution in [3.8, 4) is 11.4 Å². The third-order valence-electron chi connectivity index (χ3n) is 5.07. The summed E-state index contributed by atoms with van der Waals surface area (Å²) >= 11 is 0. The van der Waals surface area contributed by atoms with Crippen molar-refractivity contribution in [3.05, 3.63) is 102 Å². The summed E-state index contributed by atoms with van der Waals surface area (Å²) < 4.78 is 4.00. The Balaban J connectivity index is 1.46. The van der Waals surface area contributed by atoms with Crippen LogP contribution in [0.5, 0.6) is 0 Å². The molecule has 1 amide bonds. The third kappa shape index (κ3) is 3.85. The maximum atomic E-state index is 12.8. The van der Waals surface area contributed by atoms with Crippen LogP contribution in [0.3, 0.4) is 0 Å². The molecule has 146 valence electrons. The average molecular weight is 384 g/mol. The molecular weight excluding hydrogens is 360 g/mol. The van der Waals surface area contributed by atoms with Crippen LogP contribution in [-0.2, 0) is 6.54 Å². The third-order valence-corrected chi connectivity index (χ3v) is 5.07. The van der Waals surface area contributed by atoms with Gasteiger partial charge in [-0.25, -0.2) is 4.68 Å². The predicted molar refractivity (Wildman–Crippen MR) is 115 cm³/mol. The fourth-order valence-electron chi connectivity index (χ4n) is 3.56. The number of nitrogens with zero attached hydrogens (tertiary/aromatic N) is 4. The Labute approximate surface area is 170 Å². The van der Waals surface area contributed by atoms with Crippen LogP contribution < -0.4 is 0 Å². The number of para-hydroxylation sites is 1. The summed E-state index contributed by atoms with van der Waals surface area (Å²) in [5.41, 5.74) is 6.07. The Morgan fingerprint density at radius 2 is 1.55 bits per heavy atom. The van der Waals surface area contributed by atoms with Gasteiger partial charge >= 0.3 is 0 Å². The van der Waals surface area contributed by atoms with E-state index >= 15 is 0 Å². The SMILES string of the molecule is Cc1ccc(C)n1-c1ccc(C(=O)N(C)Cc2cnn(-c3ccccc3)c2)cc1. The highest BCUT2D eigenvalue weighted by atomic mass is 16.2. The zero-order valence-corrected chi connectivity index (χ0v) is 16.9. The molecule has 0 bridgehead atoms. The summed E-state index contributed by atoms with van der Waals surface area (Å²) in [6.45, 7) is 4.66. The van der Waals surface area contributed by atoms with E-state index in [2.05, 4.69) is 35.6 Å². The minimum atomic E-state index is -0.00930. The molecule has 29 heavy (non-hydrogen) atoms. The number of hydrogen-bond acceptors (Lipinski definition) is 2. The summed E-state index contributed by atoms with van der Waals surface area (Å²) in [7, 11) is 1.82. The van der Waals surface area contributed by atoms with Crippen LogP contribution in [0.2, 0.25) is 0 Å². The molecule has 0 unspecified atom stereocenters. The molecule has 4 aromatic rings. The lowest BCUT2D eigenvalue weighted by molar-refractivity contribution is 0.0785. The van der Waals surface area contributed by atoms with Gasteiger partial charge in [0.2, 0.25) is 0 Å². The molecule has 0 aliphatic carbocycles. The predicted octanol–water partition coefficient (Wildman–Crippen LogP) is 4.55. The van der Waals surface area contributed by atoms with Crippen molar-refractivity contribution in [2.75, 3.05) is 7.05 Å². The maximum absolute atomic E-state index is 12.8. The van der Waals surface area contributed by atoms with Gasteiger partial charge in [0.1, 0.15) is 0 Å². The summed E-state index contributed by atoms with van der Waals surface area (Å²) in [5, 5.41) is 4.40. The standard InChI is InChI=1S/C24H24N4O/c1-18-9-10-19(2)28(18)23-13-11-21(12-14-23)24(29)26(3)16-20-15-25-27(17-20)22-7-5-4-6-8-22/h4-15,17H,16H2,1-3H3. The van der Waals surface area contributed by atoms with Gasteiger partial charge in [-0.05, 0) is 62.4 Å². The van der Waals surface area contributed by atoms with E-state index < -0.39 is 0 Å². The van der Waals surface area contributed by atoms with Crippen LogP contribution in [0.25, 0.3) is 11.4 Å². The maximum Gasteiger partial charge on any atom is 0.253 e. The fourth-order valence-corrected chi connectivity index (χ4v) is 3.56. The molecule has 2 aromatic heterocycles. The lowest BCUT2D eigenvalue weighted by Gasteiger charge is -2.17. The molecule has 0 saturated heterocycles. The Kier molecular flexibility index (Phi) is 5.04. The van der Waals surface area contributed by atoms with Gasteiger partial charge in [-0.1, -0.05) is 18.2 Å². The molecule has 0 saturated carbocycles. The van der Waals surface area contributed by atoms with Crippen LogP contribution in [0.4, 0.5) is 0 Å². The highest BCUT2D eigenvalue weighted by molar-refractivity contribution is 5.94. The zero-order chi connectivity index (χ0) is 20.4. The van der Waals surface area contributed by atoms with Crippen molar-refractivity contribution in [2.45, 2.75) is 20.4 Å². The number of amides is 1. The number of carbonyl (C=O) groups excluding carboxylic acids is 1. The van der Waals surface area contributed by atoms with Crippen LogP contribution in [0.1, 0.15) is 27.3 Å². The molecule has 2 heterocycles. The van der Waals surface area contributed by atoms with E-state index in [1.807, 2.05) is 72.5 Å². The molecule has 0 atom stereocenters. The van der Waals surface area contributed by atoms with E-state index in [1.54, 1.807) is 11.1 Å². The Hall–Kier alpha value is -3.60. The molecule has 0 radical (unpaired) electrons. The van der Waals surface area contributed by atoms with Crippen molar-refractivity contribution >= 4 is 5.91 Å². The Bertz CT molecular complexity index is 1100. The normalized spacial score (nSPS) is 10.9. The summed E-state index contributed by atoms with van der Waals surface area (Å²) in [6.07, 6.45) is 3.76. The van der Waals surface area contributed by atoms with Crippen molar-refractivity contribution in [2.24, 2.45) is 0 Å². The second-order valence-electron chi connectivity index (χ2n) is 7.29. The summed E-state index contributed by atoms with van der Waals surface area (Å²) in [6, 6.07) is 21.9. The van der Waals surface area contributed by atoms with Gasteiger partial charge in [0.25, 0.3) is 5.91 Å². The average Bonchev–Trinajstić information content (AvgIpc) is 3.34. The van der Waals surface area contributed by atoms with Crippen LogP contribution in [0.15, 0.2) is 79.1 Å². The first kappa shape index (κ1) is 18.7. The largest absolute Gasteiger partial charge is 0.337 e. The smallest absolute Gasteiger partial charge is 0.253 e. The fraction of sp³-hybridized carbons (Fsp3) is 0.167. The minimum absolute atomic E-state index is 0.00930. The molecule has 0 N–H and O–H groups in total. The second-order valence-corrected chi connectivity index (χ2v) is 7.29. The highest BCUT2D eigenvalue weighted by Gasteiger charge is 2.14. The molecule has 5 nitrogen and oxygen atoms in total. The molecule has 0 fully saturated rings. The lowest BCUT2D eigenvalue weighted by atomic mass is 10.1. The number of aryl methyl sites for hydroxylation is 2. The number of rotatable bonds is 5. The van der Waals surface area contributed by atoms with Crippen molar-refractivity contribution in [1.82, 2.24) is 19.2 Å². The lowest BCUT2D eigenvalue weighted by Crippen LogP contribution is -2.26. The van der Waals surface area contributed by atoms with Gasteiger partial charge in [0.15, 0.2) is 0 Å². The van der Waals surface area contributed by atoms with Gasteiger partial charge in [0.05, 0.1) is 11.9 Å². The van der Waals surface area contributed by atoms with Gasteiger partial charge in [0, 0.05) is 48.0 Å². The molecule has 0 spiro atoms. The zero-order valence-electron chi connectivity index (χ0n) is 16.9. The van der Waals surface area contributed by atoms with Crippen molar-refractivity contribution < 1.29 is 4.79 Å². The number of hydrogen-bond donors (Lipinski definition) is 0. The van der Waals surface area contributed by atoms with Crippen molar-refractivity contribution in [1.29, 1.82) is 0 Å². The van der Waals surface area contributed by atoms with Gasteiger partial charge < -0.3 is 9.47 Å². The van der Waals surface area contributed by atoms with E-state index in [0.29, 0.717) is 12.1 Å². The van der Waals surface area contributed by atoms with Crippen LogP contribution in [0, 0.1) is 13.8 Å². The summed E-state index contributed by atoms with van der Waals surface area (Å²) in [4.78, 5) is 14.6. The van der Waals surface area contributed by atoms with E-state index in [1.165, 1.54) is 11.4 Å². The van der Waals surface area contributed by atoms with Crippen LogP contribution >= 0.6 is 0 Å². The second kappa shape index (κ2) is 7.80. The molecule has 0 aliphatic heterocycles. The molecular formula is C24H24N4O. The topological polar surface area (TPSA) is 43.1 Å². The monoisotopic (exact) mass is 384 g/mol. The quantitative estimate of drug-likeness (QED) is 0.507. The number of carbonyl (C=O) groups is 1. The number of benzene rings is 2. The van der Waals surface area contributed by atoms with E-state index in [-0.39, 0.29) is 5.91 Å². The van der Waals surface area contributed by atoms with E-state index in [0.717, 1.165) is 16.9 Å². The number of aromatic nitrogens is 3. The first-order chi connectivity index (χ1) is 14.0. The highest BCUT2D eigenvalue weighted by Crippen LogP contribution is 2.18. The first-order valence-corrected chi connectivity index (χ1v) is 9.63. The van der Waals surface area contributed by atoms with E-state index in [9.17, 15) is 4.79 Å². The van der Waals surface area contributed by atoms with Gasteiger partial charge in [-0.3, -0.25) is 4.79 Å². The van der Waals surface area contributed by atoms with Gasteiger partial charge in [-0.15, -0.1) is 0 Å².